The second-order valence-electron chi connectivity index (χ2n) is 5.26. The number of amides is 3. The maximum absolute atomic E-state index is 12.2. The molecule has 0 aliphatic carbocycles. The number of hydrogen-bond donors (Lipinski definition) is 1. The van der Waals surface area contributed by atoms with Crippen LogP contribution in [0.2, 0.25) is 0 Å². The van der Waals surface area contributed by atoms with Crippen molar-refractivity contribution in [2.45, 2.75) is 19.8 Å². The number of benzene rings is 1. The summed E-state index contributed by atoms with van der Waals surface area (Å²) in [5.41, 5.74) is 1.84. The third-order valence-electron chi connectivity index (χ3n) is 3.54. The van der Waals surface area contributed by atoms with E-state index in [4.69, 9.17) is 4.74 Å². The van der Waals surface area contributed by atoms with E-state index in [-0.39, 0.29) is 30.7 Å². The fourth-order valence-electron chi connectivity index (χ4n) is 2.39. The Morgan fingerprint density at radius 1 is 1.23 bits per heavy atom. The molecule has 6 heteroatoms. The fraction of sp³-hybridized carbons (Fsp3) is 0.438. The molecular formula is C16H20N2O4. The molecule has 0 saturated heterocycles. The number of carbonyl (C=O) groups excluding carboxylic acids is 3. The molecule has 1 heterocycles. The molecule has 118 valence electrons. The molecule has 0 radical (unpaired) electrons. The SMILES string of the molecule is COCCNC(=O)CCCN1C(=O)c2ccc(C)cc2C1=O. The van der Waals surface area contributed by atoms with Crippen LogP contribution in [0.25, 0.3) is 0 Å². The number of nitrogens with zero attached hydrogens (tertiary/aromatic N) is 1. The van der Waals surface area contributed by atoms with Gasteiger partial charge in [-0.1, -0.05) is 11.6 Å². The van der Waals surface area contributed by atoms with Crippen molar-refractivity contribution in [1.82, 2.24) is 10.2 Å². The van der Waals surface area contributed by atoms with Crippen molar-refractivity contribution in [1.29, 1.82) is 0 Å². The summed E-state index contributed by atoms with van der Waals surface area (Å²) in [6.45, 7) is 3.05. The van der Waals surface area contributed by atoms with Crippen molar-refractivity contribution in [3.63, 3.8) is 0 Å². The first kappa shape index (κ1) is 16.2. The van der Waals surface area contributed by atoms with E-state index in [0.717, 1.165) is 5.56 Å². The first-order valence-corrected chi connectivity index (χ1v) is 7.27. The minimum atomic E-state index is -0.278. The minimum absolute atomic E-state index is 0.107. The molecule has 22 heavy (non-hydrogen) atoms. The summed E-state index contributed by atoms with van der Waals surface area (Å²) in [4.78, 5) is 37.2. The number of rotatable bonds is 7. The molecule has 0 bridgehead atoms. The van der Waals surface area contributed by atoms with Crippen LogP contribution in [0.4, 0.5) is 0 Å². The molecule has 0 fully saturated rings. The number of nitrogens with one attached hydrogen (secondary N) is 1. The van der Waals surface area contributed by atoms with Crippen LogP contribution in [0.5, 0.6) is 0 Å². The van der Waals surface area contributed by atoms with E-state index in [2.05, 4.69) is 5.32 Å². The highest BCUT2D eigenvalue weighted by molar-refractivity contribution is 6.21. The molecule has 1 aliphatic rings. The van der Waals surface area contributed by atoms with Crippen molar-refractivity contribution in [3.05, 3.63) is 34.9 Å². The number of hydrogen-bond acceptors (Lipinski definition) is 4. The van der Waals surface area contributed by atoms with Gasteiger partial charge < -0.3 is 10.1 Å². The largest absolute Gasteiger partial charge is 0.383 e. The third-order valence-corrected chi connectivity index (χ3v) is 3.54. The van der Waals surface area contributed by atoms with Crippen molar-refractivity contribution >= 4 is 17.7 Å². The standard InChI is InChI=1S/C16H20N2O4/c1-11-5-6-12-13(10-11)16(21)18(15(12)20)8-3-4-14(19)17-7-9-22-2/h5-6,10H,3-4,7-9H2,1-2H3,(H,17,19). The molecule has 1 aromatic rings. The van der Waals surface area contributed by atoms with Crippen LogP contribution >= 0.6 is 0 Å². The average Bonchev–Trinajstić information content (AvgIpc) is 2.72. The van der Waals surface area contributed by atoms with Crippen molar-refractivity contribution in [2.75, 3.05) is 26.8 Å². The van der Waals surface area contributed by atoms with Crippen LogP contribution in [0.15, 0.2) is 18.2 Å². The lowest BCUT2D eigenvalue weighted by Crippen LogP contribution is -2.32. The maximum Gasteiger partial charge on any atom is 0.261 e. The summed E-state index contributed by atoms with van der Waals surface area (Å²) in [7, 11) is 1.57. The van der Waals surface area contributed by atoms with Gasteiger partial charge in [0, 0.05) is 26.6 Å². The monoisotopic (exact) mass is 304 g/mol. The smallest absolute Gasteiger partial charge is 0.261 e. The third kappa shape index (κ3) is 3.51. The number of aryl methyl sites for hydroxylation is 1. The molecule has 0 atom stereocenters. The molecule has 2 rings (SSSR count). The van der Waals surface area contributed by atoms with Gasteiger partial charge in [-0.3, -0.25) is 19.3 Å². The van der Waals surface area contributed by atoms with Crippen LogP contribution in [-0.2, 0) is 9.53 Å². The van der Waals surface area contributed by atoms with Crippen molar-refractivity contribution < 1.29 is 19.1 Å². The van der Waals surface area contributed by atoms with E-state index in [0.29, 0.717) is 30.7 Å². The van der Waals surface area contributed by atoms with Crippen molar-refractivity contribution in [2.24, 2.45) is 0 Å². The first-order chi connectivity index (χ1) is 10.5. The number of imide groups is 1. The van der Waals surface area contributed by atoms with Gasteiger partial charge >= 0.3 is 0 Å². The van der Waals surface area contributed by atoms with E-state index in [1.807, 2.05) is 13.0 Å². The highest BCUT2D eigenvalue weighted by Gasteiger charge is 2.34. The minimum Gasteiger partial charge on any atom is -0.383 e. The van der Waals surface area contributed by atoms with Crippen molar-refractivity contribution in [3.8, 4) is 0 Å². The van der Waals surface area contributed by atoms with Gasteiger partial charge in [-0.25, -0.2) is 0 Å². The predicted octanol–water partition coefficient (Wildman–Crippen LogP) is 1.13. The first-order valence-electron chi connectivity index (χ1n) is 7.27. The van der Waals surface area contributed by atoms with E-state index in [1.165, 1.54) is 4.90 Å². The topological polar surface area (TPSA) is 75.7 Å². The van der Waals surface area contributed by atoms with E-state index in [9.17, 15) is 14.4 Å². The number of ether oxygens (including phenoxy) is 1. The molecule has 0 spiro atoms. The van der Waals surface area contributed by atoms with Gasteiger partial charge in [-0.05, 0) is 25.5 Å². The molecule has 0 aromatic heterocycles. The molecule has 0 unspecified atom stereocenters. The molecule has 1 N–H and O–H groups in total. The Morgan fingerprint density at radius 3 is 2.68 bits per heavy atom. The van der Waals surface area contributed by atoms with Crippen LogP contribution in [0.1, 0.15) is 39.1 Å². The Labute approximate surface area is 129 Å². The Morgan fingerprint density at radius 2 is 1.95 bits per heavy atom. The fourth-order valence-corrected chi connectivity index (χ4v) is 2.39. The summed E-state index contributed by atoms with van der Waals surface area (Å²) in [6.07, 6.45) is 0.722. The molecule has 3 amide bonds. The highest BCUT2D eigenvalue weighted by Crippen LogP contribution is 2.24. The Kier molecular flexibility index (Phi) is 5.27. The van der Waals surface area contributed by atoms with Crippen LogP contribution in [0.3, 0.4) is 0 Å². The van der Waals surface area contributed by atoms with Gasteiger partial charge in [-0.2, -0.15) is 0 Å². The Bertz CT molecular complexity index is 598. The second kappa shape index (κ2) is 7.17. The summed E-state index contributed by atoms with van der Waals surface area (Å²) < 4.78 is 4.84. The lowest BCUT2D eigenvalue weighted by molar-refractivity contribution is -0.121. The highest BCUT2D eigenvalue weighted by atomic mass is 16.5. The lowest BCUT2D eigenvalue weighted by Gasteiger charge is -2.13. The predicted molar refractivity (Wildman–Crippen MR) is 80.7 cm³/mol. The van der Waals surface area contributed by atoms with Gasteiger partial charge in [0.1, 0.15) is 0 Å². The van der Waals surface area contributed by atoms with Gasteiger partial charge in [-0.15, -0.1) is 0 Å². The summed E-state index contributed by atoms with van der Waals surface area (Å²) in [5, 5.41) is 2.70. The van der Waals surface area contributed by atoms with Crippen LogP contribution in [-0.4, -0.2) is 49.4 Å². The van der Waals surface area contributed by atoms with E-state index < -0.39 is 0 Å². The Hall–Kier alpha value is -2.21. The molecular weight excluding hydrogens is 284 g/mol. The van der Waals surface area contributed by atoms with Gasteiger partial charge in [0.05, 0.1) is 17.7 Å². The average molecular weight is 304 g/mol. The van der Waals surface area contributed by atoms with Gasteiger partial charge in [0.2, 0.25) is 5.91 Å². The number of methoxy groups -OCH3 is 1. The van der Waals surface area contributed by atoms with Gasteiger partial charge in [0.15, 0.2) is 0 Å². The normalized spacial score (nSPS) is 13.5. The van der Waals surface area contributed by atoms with E-state index >= 15 is 0 Å². The maximum atomic E-state index is 12.2. The second-order valence-corrected chi connectivity index (χ2v) is 5.26. The number of fused-ring (bicyclic) bond motifs is 1. The zero-order valence-electron chi connectivity index (χ0n) is 12.8. The quantitative estimate of drug-likeness (QED) is 0.605. The number of carbonyl (C=O) groups is 3. The van der Waals surface area contributed by atoms with Gasteiger partial charge in [0.25, 0.3) is 11.8 Å². The zero-order valence-corrected chi connectivity index (χ0v) is 12.8. The Balaban J connectivity index is 1.86. The molecule has 1 aromatic carbocycles. The summed E-state index contributed by atoms with van der Waals surface area (Å²) in [5.74, 6) is -0.659. The lowest BCUT2D eigenvalue weighted by atomic mass is 10.1. The summed E-state index contributed by atoms with van der Waals surface area (Å²) >= 11 is 0. The van der Waals surface area contributed by atoms with E-state index in [1.54, 1.807) is 19.2 Å². The molecule has 1 aliphatic heterocycles. The van der Waals surface area contributed by atoms with Crippen LogP contribution < -0.4 is 5.32 Å². The zero-order chi connectivity index (χ0) is 16.1. The molecule has 0 saturated carbocycles. The summed E-state index contributed by atoms with van der Waals surface area (Å²) in [6, 6.07) is 5.23. The van der Waals surface area contributed by atoms with Crippen LogP contribution in [0, 0.1) is 6.92 Å². The molecule has 6 nitrogen and oxygen atoms in total.